The summed E-state index contributed by atoms with van der Waals surface area (Å²) in [5.41, 5.74) is 9.76. The van der Waals surface area contributed by atoms with Gasteiger partial charge in [0.05, 0.1) is 16.7 Å². The highest BCUT2D eigenvalue weighted by Gasteiger charge is 2.14. The molecule has 38 heavy (non-hydrogen) atoms. The summed E-state index contributed by atoms with van der Waals surface area (Å²) in [5, 5.41) is 4.72. The van der Waals surface area contributed by atoms with Crippen molar-refractivity contribution >= 4 is 43.7 Å². The maximum atomic E-state index is 6.19. The van der Waals surface area contributed by atoms with Crippen molar-refractivity contribution in [2.75, 3.05) is 0 Å². The number of para-hydroxylation sites is 2. The van der Waals surface area contributed by atoms with E-state index in [9.17, 15) is 0 Å². The van der Waals surface area contributed by atoms with E-state index < -0.39 is 0 Å². The van der Waals surface area contributed by atoms with E-state index in [4.69, 9.17) is 4.42 Å². The van der Waals surface area contributed by atoms with Crippen molar-refractivity contribution in [2.24, 2.45) is 0 Å². The fourth-order valence-corrected chi connectivity index (χ4v) is 5.66. The van der Waals surface area contributed by atoms with Crippen LogP contribution in [0, 0.1) is 0 Å². The molecule has 0 radical (unpaired) electrons. The van der Waals surface area contributed by atoms with Crippen molar-refractivity contribution < 1.29 is 4.42 Å². The van der Waals surface area contributed by atoms with Crippen molar-refractivity contribution in [3.05, 3.63) is 134 Å². The first-order valence-electron chi connectivity index (χ1n) is 12.8. The molecule has 0 aliphatic rings. The van der Waals surface area contributed by atoms with Gasteiger partial charge in [0.15, 0.2) is 0 Å². The monoisotopic (exact) mass is 486 g/mol. The van der Waals surface area contributed by atoms with E-state index in [0.717, 1.165) is 33.2 Å². The van der Waals surface area contributed by atoms with Gasteiger partial charge in [-0.3, -0.25) is 4.98 Å². The van der Waals surface area contributed by atoms with E-state index in [1.54, 1.807) is 0 Å². The Morgan fingerprint density at radius 1 is 0.474 bits per heavy atom. The molecule has 8 aromatic rings. The lowest BCUT2D eigenvalue weighted by Gasteiger charge is -2.08. The largest absolute Gasteiger partial charge is 0.456 e. The Morgan fingerprint density at radius 3 is 1.89 bits per heavy atom. The first kappa shape index (κ1) is 21.0. The van der Waals surface area contributed by atoms with E-state index in [0.29, 0.717) is 0 Å². The van der Waals surface area contributed by atoms with Gasteiger partial charge in [-0.25, -0.2) is 0 Å². The van der Waals surface area contributed by atoms with Crippen LogP contribution in [0.2, 0.25) is 0 Å². The van der Waals surface area contributed by atoms with Gasteiger partial charge < -0.3 is 8.98 Å². The van der Waals surface area contributed by atoms with Crippen LogP contribution < -0.4 is 0 Å². The minimum absolute atomic E-state index is 0.887. The summed E-state index contributed by atoms with van der Waals surface area (Å²) in [5.74, 6) is 0. The van der Waals surface area contributed by atoms with E-state index in [1.807, 2.05) is 30.5 Å². The molecule has 0 unspecified atom stereocenters. The van der Waals surface area contributed by atoms with Crippen molar-refractivity contribution in [1.82, 2.24) is 9.55 Å². The zero-order valence-electron chi connectivity index (χ0n) is 20.5. The number of aromatic nitrogens is 2. The van der Waals surface area contributed by atoms with Gasteiger partial charge in [0.2, 0.25) is 0 Å². The molecule has 178 valence electrons. The minimum atomic E-state index is 0.887. The molecule has 3 heteroatoms. The SMILES string of the molecule is c1ccc(-n2c3ccccc3c3cc(-c4ccc5oc6ccc(-c7ccccn7)cc6c5c4)ccc32)cc1. The van der Waals surface area contributed by atoms with E-state index in [-0.39, 0.29) is 0 Å². The zero-order valence-corrected chi connectivity index (χ0v) is 20.5. The minimum Gasteiger partial charge on any atom is -0.456 e. The molecule has 0 bridgehead atoms. The van der Waals surface area contributed by atoms with Gasteiger partial charge >= 0.3 is 0 Å². The molecule has 3 heterocycles. The van der Waals surface area contributed by atoms with E-state index >= 15 is 0 Å². The van der Waals surface area contributed by atoms with Crippen LogP contribution in [-0.2, 0) is 0 Å². The Kier molecular flexibility index (Phi) is 4.52. The summed E-state index contributed by atoms with van der Waals surface area (Å²) < 4.78 is 8.54. The molecule has 0 spiro atoms. The number of benzene rings is 5. The van der Waals surface area contributed by atoms with Gasteiger partial charge in [-0.15, -0.1) is 0 Å². The topological polar surface area (TPSA) is 31.0 Å². The molecule has 0 fully saturated rings. The second-order valence-electron chi connectivity index (χ2n) is 9.66. The molecule has 0 saturated heterocycles. The third-order valence-corrected chi connectivity index (χ3v) is 7.45. The summed E-state index contributed by atoms with van der Waals surface area (Å²) >= 11 is 0. The van der Waals surface area contributed by atoms with Gasteiger partial charge in [0.1, 0.15) is 11.2 Å². The smallest absolute Gasteiger partial charge is 0.135 e. The predicted octanol–water partition coefficient (Wildman–Crippen LogP) is 9.41. The maximum Gasteiger partial charge on any atom is 0.135 e. The van der Waals surface area contributed by atoms with Gasteiger partial charge in [-0.05, 0) is 83.9 Å². The average molecular weight is 487 g/mol. The molecule has 0 atom stereocenters. The lowest BCUT2D eigenvalue weighted by atomic mass is 10.00. The second kappa shape index (κ2) is 8.19. The lowest BCUT2D eigenvalue weighted by Crippen LogP contribution is -1.92. The molecule has 5 aromatic carbocycles. The number of fused-ring (bicyclic) bond motifs is 6. The molecule has 3 nitrogen and oxygen atoms in total. The molecule has 0 N–H and O–H groups in total. The average Bonchev–Trinajstić information content (AvgIpc) is 3.52. The molecule has 0 saturated carbocycles. The third-order valence-electron chi connectivity index (χ3n) is 7.45. The number of hydrogen-bond acceptors (Lipinski definition) is 2. The van der Waals surface area contributed by atoms with Gasteiger partial charge in [0.25, 0.3) is 0 Å². The number of nitrogens with zero attached hydrogens (tertiary/aromatic N) is 2. The summed E-state index contributed by atoms with van der Waals surface area (Å²) in [4.78, 5) is 4.53. The summed E-state index contributed by atoms with van der Waals surface area (Å²) in [7, 11) is 0. The normalized spacial score (nSPS) is 11.7. The molecule has 8 rings (SSSR count). The van der Waals surface area contributed by atoms with Crippen LogP contribution in [0.25, 0.3) is 71.8 Å². The highest BCUT2D eigenvalue weighted by Crippen LogP contribution is 2.37. The van der Waals surface area contributed by atoms with E-state index in [1.165, 1.54) is 38.6 Å². The van der Waals surface area contributed by atoms with Crippen LogP contribution in [0.5, 0.6) is 0 Å². The van der Waals surface area contributed by atoms with E-state index in [2.05, 4.69) is 113 Å². The van der Waals surface area contributed by atoms with Crippen LogP contribution in [-0.4, -0.2) is 9.55 Å². The van der Waals surface area contributed by atoms with Crippen LogP contribution in [0.1, 0.15) is 0 Å². The van der Waals surface area contributed by atoms with Crippen molar-refractivity contribution in [3.8, 4) is 28.1 Å². The van der Waals surface area contributed by atoms with Crippen molar-refractivity contribution in [2.45, 2.75) is 0 Å². The Hall–Kier alpha value is -5.15. The van der Waals surface area contributed by atoms with Gasteiger partial charge in [0, 0.05) is 39.0 Å². The summed E-state index contributed by atoms with van der Waals surface area (Å²) in [6, 6.07) is 44.8. The number of rotatable bonds is 3. The van der Waals surface area contributed by atoms with Crippen LogP contribution in [0.4, 0.5) is 0 Å². The first-order valence-corrected chi connectivity index (χ1v) is 12.8. The Morgan fingerprint density at radius 2 is 1.11 bits per heavy atom. The predicted molar refractivity (Wildman–Crippen MR) is 157 cm³/mol. The van der Waals surface area contributed by atoms with Crippen LogP contribution in [0.3, 0.4) is 0 Å². The number of pyridine rings is 1. The standard InChI is InChI=1S/C35H22N2O/c1-2-8-26(9-3-1)37-32-12-5-4-10-27(32)28-20-23(13-16-33(28)37)24-14-17-34-29(21-24)30-22-25(15-18-35(30)38-34)31-11-6-7-19-36-31/h1-22H. The Labute approximate surface area is 219 Å². The lowest BCUT2D eigenvalue weighted by molar-refractivity contribution is 0.669. The fraction of sp³-hybridized carbons (Fsp3) is 0. The highest BCUT2D eigenvalue weighted by atomic mass is 16.3. The van der Waals surface area contributed by atoms with Crippen molar-refractivity contribution in [1.29, 1.82) is 0 Å². The van der Waals surface area contributed by atoms with Gasteiger partial charge in [-0.2, -0.15) is 0 Å². The maximum absolute atomic E-state index is 6.19. The highest BCUT2D eigenvalue weighted by molar-refractivity contribution is 6.11. The quantitative estimate of drug-likeness (QED) is 0.249. The molecule has 3 aromatic heterocycles. The molecule has 0 aliphatic heterocycles. The summed E-state index contributed by atoms with van der Waals surface area (Å²) in [6.45, 7) is 0. The second-order valence-corrected chi connectivity index (χ2v) is 9.66. The third kappa shape index (κ3) is 3.19. The number of furan rings is 1. The Balaban J connectivity index is 1.32. The number of hydrogen-bond donors (Lipinski definition) is 0. The van der Waals surface area contributed by atoms with Crippen LogP contribution in [0.15, 0.2) is 138 Å². The van der Waals surface area contributed by atoms with Gasteiger partial charge in [-0.1, -0.05) is 54.6 Å². The molecular formula is C35H22N2O. The fourth-order valence-electron chi connectivity index (χ4n) is 5.66. The molecular weight excluding hydrogens is 464 g/mol. The van der Waals surface area contributed by atoms with Crippen LogP contribution >= 0.6 is 0 Å². The zero-order chi connectivity index (χ0) is 25.1. The molecule has 0 amide bonds. The Bertz CT molecular complexity index is 2120. The molecule has 0 aliphatic carbocycles. The summed E-state index contributed by atoms with van der Waals surface area (Å²) in [6.07, 6.45) is 1.83. The first-order chi connectivity index (χ1) is 18.8. The van der Waals surface area contributed by atoms with Crippen molar-refractivity contribution in [3.63, 3.8) is 0 Å².